The lowest BCUT2D eigenvalue weighted by molar-refractivity contribution is -0.140. The third-order valence-electron chi connectivity index (χ3n) is 7.44. The molecule has 4 aromatic carbocycles. The van der Waals surface area contributed by atoms with Gasteiger partial charge in [-0.25, -0.2) is 8.42 Å². The fraction of sp³-hybridized carbons (Fsp3) is 0.257. The van der Waals surface area contributed by atoms with Crippen LogP contribution in [0.1, 0.15) is 30.9 Å². The largest absolute Gasteiger partial charge is 0.497 e. The monoisotopic (exact) mass is 681 g/mol. The van der Waals surface area contributed by atoms with Gasteiger partial charge < -0.3 is 15.0 Å². The van der Waals surface area contributed by atoms with Gasteiger partial charge in [0.25, 0.3) is 10.0 Å². The van der Waals surface area contributed by atoms with E-state index < -0.39 is 28.5 Å². The molecular weight excluding hydrogens is 645 g/mol. The van der Waals surface area contributed by atoms with E-state index in [1.54, 1.807) is 60.7 Å². The number of nitrogens with zero attached hydrogens (tertiary/aromatic N) is 2. The SMILES string of the molecule is CCCCNC(=O)[C@H](Cc1ccccc1)N(Cc1c(Cl)cccc1Cl)C(=O)CN(c1cccc(OC)c1)S(=O)(=O)c1ccccc1. The van der Waals surface area contributed by atoms with Gasteiger partial charge in [-0.1, -0.05) is 97.2 Å². The molecule has 0 fully saturated rings. The van der Waals surface area contributed by atoms with Crippen LogP contribution >= 0.6 is 23.2 Å². The molecule has 11 heteroatoms. The van der Waals surface area contributed by atoms with Crippen molar-refractivity contribution in [2.24, 2.45) is 0 Å². The zero-order valence-corrected chi connectivity index (χ0v) is 28.1. The fourth-order valence-corrected chi connectivity index (χ4v) is 6.87. The van der Waals surface area contributed by atoms with Crippen LogP contribution in [0.15, 0.2) is 108 Å². The quantitative estimate of drug-likeness (QED) is 0.140. The second-order valence-corrected chi connectivity index (χ2v) is 13.3. The van der Waals surface area contributed by atoms with E-state index >= 15 is 0 Å². The highest BCUT2D eigenvalue weighted by Gasteiger charge is 2.35. The highest BCUT2D eigenvalue weighted by molar-refractivity contribution is 7.92. The molecule has 0 bridgehead atoms. The maximum Gasteiger partial charge on any atom is 0.264 e. The number of anilines is 1. The molecule has 0 spiro atoms. The molecule has 0 saturated carbocycles. The lowest BCUT2D eigenvalue weighted by atomic mass is 10.0. The Morgan fingerprint density at radius 2 is 1.50 bits per heavy atom. The number of benzene rings is 4. The van der Waals surface area contributed by atoms with Gasteiger partial charge in [0.05, 0.1) is 17.7 Å². The van der Waals surface area contributed by atoms with Gasteiger partial charge in [-0.3, -0.25) is 13.9 Å². The normalized spacial score (nSPS) is 11.8. The Bertz CT molecular complexity index is 1700. The number of methoxy groups -OCH3 is 1. The smallest absolute Gasteiger partial charge is 0.264 e. The molecule has 0 aromatic heterocycles. The molecule has 0 aliphatic heterocycles. The van der Waals surface area contributed by atoms with Gasteiger partial charge in [0.2, 0.25) is 11.8 Å². The van der Waals surface area contributed by atoms with Crippen molar-refractivity contribution < 1.29 is 22.7 Å². The number of sulfonamides is 1. The van der Waals surface area contributed by atoms with E-state index in [4.69, 9.17) is 27.9 Å². The first-order valence-corrected chi connectivity index (χ1v) is 17.1. The van der Waals surface area contributed by atoms with Crippen molar-refractivity contribution in [3.63, 3.8) is 0 Å². The van der Waals surface area contributed by atoms with Crippen molar-refractivity contribution in [2.75, 3.05) is 24.5 Å². The van der Waals surface area contributed by atoms with Crippen LogP contribution in [0.3, 0.4) is 0 Å². The average Bonchev–Trinajstić information content (AvgIpc) is 3.07. The molecular formula is C35H37Cl2N3O5S. The third-order valence-corrected chi connectivity index (χ3v) is 9.94. The minimum absolute atomic E-state index is 0.00413. The Morgan fingerprint density at radius 3 is 2.13 bits per heavy atom. The summed E-state index contributed by atoms with van der Waals surface area (Å²) in [6.45, 7) is 1.70. The summed E-state index contributed by atoms with van der Waals surface area (Å²) in [5.41, 5.74) is 1.49. The number of carbonyl (C=O) groups excluding carboxylic acids is 2. The summed E-state index contributed by atoms with van der Waals surface area (Å²) >= 11 is 13.1. The maximum atomic E-state index is 14.6. The first kappa shape index (κ1) is 34.8. The lowest BCUT2D eigenvalue weighted by Crippen LogP contribution is -2.53. The van der Waals surface area contributed by atoms with E-state index in [9.17, 15) is 18.0 Å². The number of halogens is 2. The van der Waals surface area contributed by atoms with E-state index in [1.165, 1.54) is 24.1 Å². The molecule has 1 atom stereocenters. The highest BCUT2D eigenvalue weighted by Crippen LogP contribution is 2.30. The first-order chi connectivity index (χ1) is 22.1. The zero-order chi connectivity index (χ0) is 33.1. The van der Waals surface area contributed by atoms with Crippen molar-refractivity contribution in [3.05, 3.63) is 124 Å². The predicted octanol–water partition coefficient (Wildman–Crippen LogP) is 6.75. The van der Waals surface area contributed by atoms with Gasteiger partial charge in [0, 0.05) is 41.2 Å². The van der Waals surface area contributed by atoms with Gasteiger partial charge in [0.15, 0.2) is 0 Å². The first-order valence-electron chi connectivity index (χ1n) is 14.9. The molecule has 1 N–H and O–H groups in total. The van der Waals surface area contributed by atoms with Crippen molar-refractivity contribution in [3.8, 4) is 5.75 Å². The van der Waals surface area contributed by atoms with E-state index in [0.29, 0.717) is 27.9 Å². The van der Waals surface area contributed by atoms with Crippen LogP contribution < -0.4 is 14.4 Å². The molecule has 0 aliphatic carbocycles. The summed E-state index contributed by atoms with van der Waals surface area (Å²) in [5.74, 6) is -0.576. The number of nitrogens with one attached hydrogen (secondary N) is 1. The van der Waals surface area contributed by atoms with Crippen molar-refractivity contribution >= 4 is 50.7 Å². The van der Waals surface area contributed by atoms with Gasteiger partial charge in [-0.2, -0.15) is 0 Å². The van der Waals surface area contributed by atoms with Crippen LogP contribution in [0.2, 0.25) is 10.0 Å². The number of carbonyl (C=O) groups is 2. The van der Waals surface area contributed by atoms with Crippen LogP contribution in [0.5, 0.6) is 5.75 Å². The molecule has 242 valence electrons. The highest BCUT2D eigenvalue weighted by atomic mass is 35.5. The Balaban J connectivity index is 1.83. The van der Waals surface area contributed by atoms with Crippen molar-refractivity contribution in [1.82, 2.24) is 10.2 Å². The number of ether oxygens (including phenoxy) is 1. The Labute approximate surface area is 280 Å². The Morgan fingerprint density at radius 1 is 0.870 bits per heavy atom. The fourth-order valence-electron chi connectivity index (χ4n) is 4.93. The van der Waals surface area contributed by atoms with Gasteiger partial charge in [0.1, 0.15) is 18.3 Å². The van der Waals surface area contributed by atoms with Gasteiger partial charge in [-0.15, -0.1) is 0 Å². The Hall–Kier alpha value is -4.05. The molecule has 0 radical (unpaired) electrons. The van der Waals surface area contributed by atoms with Crippen LogP contribution in [-0.4, -0.2) is 51.4 Å². The minimum atomic E-state index is -4.24. The summed E-state index contributed by atoms with van der Waals surface area (Å²) in [6.07, 6.45) is 1.80. The van der Waals surface area contributed by atoms with Crippen LogP contribution in [-0.2, 0) is 32.6 Å². The molecule has 0 aliphatic rings. The van der Waals surface area contributed by atoms with Crippen molar-refractivity contribution in [2.45, 2.75) is 43.7 Å². The predicted molar refractivity (Wildman–Crippen MR) is 183 cm³/mol. The maximum absolute atomic E-state index is 14.6. The summed E-state index contributed by atoms with van der Waals surface area (Å²) in [7, 11) is -2.77. The van der Waals surface area contributed by atoms with E-state index in [1.807, 2.05) is 37.3 Å². The van der Waals surface area contributed by atoms with Gasteiger partial charge >= 0.3 is 0 Å². The summed E-state index contributed by atoms with van der Waals surface area (Å²) in [4.78, 5) is 29.8. The van der Waals surface area contributed by atoms with E-state index in [-0.39, 0.29) is 29.5 Å². The molecule has 2 amide bonds. The molecule has 0 unspecified atom stereocenters. The number of hydrogen-bond acceptors (Lipinski definition) is 5. The number of rotatable bonds is 15. The zero-order valence-electron chi connectivity index (χ0n) is 25.7. The standard InChI is InChI=1S/C35H37Cl2N3O5S/c1-3-4-21-38-35(42)33(22-26-13-7-5-8-14-26)39(24-30-31(36)19-12-20-32(30)37)34(41)25-40(27-15-11-16-28(23-27)45-2)46(43,44)29-17-9-6-10-18-29/h5-20,23,33H,3-4,21-22,24-25H2,1-2H3,(H,38,42)/t33-/m0/s1. The van der Waals surface area contributed by atoms with Gasteiger partial charge in [-0.05, 0) is 48.4 Å². The van der Waals surface area contributed by atoms with E-state index in [2.05, 4.69) is 5.32 Å². The topological polar surface area (TPSA) is 96.0 Å². The number of amides is 2. The minimum Gasteiger partial charge on any atom is -0.497 e. The second kappa shape index (κ2) is 16.5. The van der Waals surface area contributed by atoms with Crippen LogP contribution in [0.25, 0.3) is 0 Å². The molecule has 0 heterocycles. The molecule has 0 saturated heterocycles. The summed E-state index contributed by atoms with van der Waals surface area (Å²) < 4.78 is 34.6. The lowest BCUT2D eigenvalue weighted by Gasteiger charge is -2.34. The van der Waals surface area contributed by atoms with Crippen LogP contribution in [0, 0.1) is 0 Å². The van der Waals surface area contributed by atoms with E-state index in [0.717, 1.165) is 22.7 Å². The number of hydrogen-bond donors (Lipinski definition) is 1. The van der Waals surface area contributed by atoms with Crippen LogP contribution in [0.4, 0.5) is 5.69 Å². The molecule has 4 aromatic rings. The molecule has 4 rings (SSSR count). The summed E-state index contributed by atoms with van der Waals surface area (Å²) in [5, 5.41) is 3.60. The summed E-state index contributed by atoms with van der Waals surface area (Å²) in [6, 6.07) is 27.6. The average molecular weight is 683 g/mol. The third kappa shape index (κ3) is 8.81. The molecule has 46 heavy (non-hydrogen) atoms. The second-order valence-electron chi connectivity index (χ2n) is 10.6. The Kier molecular flexibility index (Phi) is 12.5. The van der Waals surface area contributed by atoms with Crippen molar-refractivity contribution in [1.29, 1.82) is 0 Å². The molecule has 8 nitrogen and oxygen atoms in total. The number of unbranched alkanes of at least 4 members (excludes halogenated alkanes) is 1.